The number of hydrogen-bond donors (Lipinski definition) is 1. The standard InChI is InChI=1S/C20H27N2OP/c1-2-18(17-22-15-9-10-16-22)21-24(23,19-11-5-3-6-12-19)20-13-7-4-8-14-20/h3-8,11-14,18H,2,9-10,15-17H2,1H3,(H,21,23)/t18-/m1/s1. The molecule has 24 heavy (non-hydrogen) atoms. The predicted molar refractivity (Wildman–Crippen MR) is 103 cm³/mol. The number of benzene rings is 2. The second kappa shape index (κ2) is 8.11. The van der Waals surface area contributed by atoms with Gasteiger partial charge in [0.25, 0.3) is 0 Å². The van der Waals surface area contributed by atoms with Gasteiger partial charge in [0, 0.05) is 23.2 Å². The molecule has 0 aromatic heterocycles. The minimum absolute atomic E-state index is 0.231. The lowest BCUT2D eigenvalue weighted by molar-refractivity contribution is 0.302. The number of nitrogens with zero attached hydrogens (tertiary/aromatic N) is 1. The maximum atomic E-state index is 14.0. The smallest absolute Gasteiger partial charge is 0.204 e. The van der Waals surface area contributed by atoms with Crippen molar-refractivity contribution >= 4 is 17.9 Å². The van der Waals surface area contributed by atoms with Crippen LogP contribution in [-0.2, 0) is 4.57 Å². The van der Waals surface area contributed by atoms with Crippen molar-refractivity contribution in [2.24, 2.45) is 0 Å². The molecule has 0 radical (unpaired) electrons. The van der Waals surface area contributed by atoms with Crippen molar-refractivity contribution in [3.8, 4) is 0 Å². The molecule has 1 saturated heterocycles. The average Bonchev–Trinajstić information content (AvgIpc) is 3.15. The first-order chi connectivity index (χ1) is 11.7. The van der Waals surface area contributed by atoms with Crippen molar-refractivity contribution in [2.75, 3.05) is 19.6 Å². The van der Waals surface area contributed by atoms with Gasteiger partial charge in [-0.25, -0.2) is 0 Å². The molecule has 0 aliphatic carbocycles. The van der Waals surface area contributed by atoms with Gasteiger partial charge in [-0.2, -0.15) is 0 Å². The predicted octanol–water partition coefficient (Wildman–Crippen LogP) is 3.38. The van der Waals surface area contributed by atoms with Gasteiger partial charge in [0.2, 0.25) is 7.29 Å². The average molecular weight is 342 g/mol. The number of likely N-dealkylation sites (tertiary alicyclic amines) is 1. The van der Waals surface area contributed by atoms with Crippen LogP contribution < -0.4 is 15.7 Å². The Balaban J connectivity index is 1.88. The van der Waals surface area contributed by atoms with E-state index in [-0.39, 0.29) is 6.04 Å². The summed E-state index contributed by atoms with van der Waals surface area (Å²) in [6, 6.07) is 19.9. The molecule has 1 aliphatic heterocycles. The molecule has 0 unspecified atom stereocenters. The Labute approximate surface area is 145 Å². The monoisotopic (exact) mass is 342 g/mol. The van der Waals surface area contributed by atoms with Gasteiger partial charge in [-0.1, -0.05) is 43.3 Å². The van der Waals surface area contributed by atoms with Crippen LogP contribution >= 0.6 is 7.29 Å². The van der Waals surface area contributed by atoms with Crippen LogP contribution in [0.3, 0.4) is 0 Å². The van der Waals surface area contributed by atoms with Crippen LogP contribution in [-0.4, -0.2) is 30.6 Å². The fourth-order valence-corrected chi connectivity index (χ4v) is 5.93. The third-order valence-electron chi connectivity index (χ3n) is 4.77. The second-order valence-corrected chi connectivity index (χ2v) is 9.03. The molecular formula is C20H27N2OP. The molecule has 0 bridgehead atoms. The van der Waals surface area contributed by atoms with E-state index in [1.54, 1.807) is 0 Å². The first-order valence-electron chi connectivity index (χ1n) is 8.94. The highest BCUT2D eigenvalue weighted by atomic mass is 31.2. The van der Waals surface area contributed by atoms with Crippen LogP contribution in [0, 0.1) is 0 Å². The van der Waals surface area contributed by atoms with Gasteiger partial charge in [-0.15, -0.1) is 0 Å². The summed E-state index contributed by atoms with van der Waals surface area (Å²) in [7, 11) is -2.83. The fourth-order valence-electron chi connectivity index (χ4n) is 3.37. The van der Waals surface area contributed by atoms with Crippen LogP contribution in [0.2, 0.25) is 0 Å². The van der Waals surface area contributed by atoms with Gasteiger partial charge in [0.05, 0.1) is 0 Å². The fraction of sp³-hybridized carbons (Fsp3) is 0.400. The van der Waals surface area contributed by atoms with E-state index in [1.165, 1.54) is 25.9 Å². The van der Waals surface area contributed by atoms with E-state index in [4.69, 9.17) is 0 Å². The SMILES string of the molecule is CC[C@H](CN1CCCC1)NP(=O)(c1ccccc1)c1ccccc1. The van der Waals surface area contributed by atoms with Crippen LogP contribution in [0.5, 0.6) is 0 Å². The molecular weight excluding hydrogens is 315 g/mol. The Kier molecular flexibility index (Phi) is 5.89. The van der Waals surface area contributed by atoms with E-state index in [1.807, 2.05) is 60.7 Å². The van der Waals surface area contributed by atoms with Gasteiger partial charge in [0.15, 0.2) is 0 Å². The molecule has 1 heterocycles. The van der Waals surface area contributed by atoms with Crippen LogP contribution in [0.1, 0.15) is 26.2 Å². The normalized spacial score (nSPS) is 17.0. The maximum Gasteiger partial charge on any atom is 0.204 e. The molecule has 128 valence electrons. The number of rotatable bonds is 7. The summed E-state index contributed by atoms with van der Waals surface area (Å²) in [5, 5.41) is 5.32. The van der Waals surface area contributed by atoms with Crippen molar-refractivity contribution in [1.82, 2.24) is 9.99 Å². The highest BCUT2D eigenvalue weighted by Gasteiger charge is 2.30. The van der Waals surface area contributed by atoms with E-state index in [0.717, 1.165) is 23.6 Å². The Morgan fingerprint density at radius 3 is 1.92 bits per heavy atom. The summed E-state index contributed by atoms with van der Waals surface area (Å²) in [5.41, 5.74) is 0. The molecule has 1 aliphatic rings. The molecule has 0 spiro atoms. The van der Waals surface area contributed by atoms with Gasteiger partial charge < -0.3 is 4.90 Å². The zero-order valence-corrected chi connectivity index (χ0v) is 15.3. The molecule has 3 rings (SSSR count). The molecule has 4 heteroatoms. The third-order valence-corrected chi connectivity index (χ3v) is 7.55. The van der Waals surface area contributed by atoms with E-state index in [9.17, 15) is 4.57 Å². The minimum Gasteiger partial charge on any atom is -0.302 e. The van der Waals surface area contributed by atoms with Crippen molar-refractivity contribution < 1.29 is 4.57 Å². The molecule has 2 aromatic rings. The first-order valence-corrected chi connectivity index (χ1v) is 10.6. The first kappa shape index (κ1) is 17.4. The number of hydrogen-bond acceptors (Lipinski definition) is 2. The maximum absolute atomic E-state index is 14.0. The summed E-state index contributed by atoms with van der Waals surface area (Å²) in [4.78, 5) is 2.49. The zero-order chi connectivity index (χ0) is 16.8. The van der Waals surface area contributed by atoms with Crippen molar-refractivity contribution in [1.29, 1.82) is 0 Å². The van der Waals surface area contributed by atoms with Gasteiger partial charge >= 0.3 is 0 Å². The summed E-state index contributed by atoms with van der Waals surface area (Å²) in [5.74, 6) is 0. The molecule has 1 atom stereocenters. The van der Waals surface area contributed by atoms with Crippen LogP contribution in [0.25, 0.3) is 0 Å². The highest BCUT2D eigenvalue weighted by molar-refractivity contribution is 7.76. The molecule has 3 nitrogen and oxygen atoms in total. The Hall–Kier alpha value is -1.41. The summed E-state index contributed by atoms with van der Waals surface area (Å²) < 4.78 is 14.0. The second-order valence-electron chi connectivity index (χ2n) is 6.52. The Morgan fingerprint density at radius 1 is 0.958 bits per heavy atom. The Morgan fingerprint density at radius 2 is 1.46 bits per heavy atom. The van der Waals surface area contributed by atoms with E-state index in [0.29, 0.717) is 0 Å². The van der Waals surface area contributed by atoms with Crippen molar-refractivity contribution in [2.45, 2.75) is 32.2 Å². The van der Waals surface area contributed by atoms with Gasteiger partial charge in [0.1, 0.15) is 0 Å². The molecule has 0 saturated carbocycles. The Bertz CT molecular complexity index is 625. The van der Waals surface area contributed by atoms with Crippen molar-refractivity contribution in [3.05, 3.63) is 60.7 Å². The largest absolute Gasteiger partial charge is 0.302 e. The summed E-state index contributed by atoms with van der Waals surface area (Å²) >= 11 is 0. The van der Waals surface area contributed by atoms with Crippen LogP contribution in [0.15, 0.2) is 60.7 Å². The van der Waals surface area contributed by atoms with E-state index in [2.05, 4.69) is 16.9 Å². The molecule has 1 fully saturated rings. The van der Waals surface area contributed by atoms with Gasteiger partial charge in [-0.05, 0) is 56.6 Å². The summed E-state index contributed by atoms with van der Waals surface area (Å²) in [6.45, 7) is 5.48. The third kappa shape index (κ3) is 3.97. The zero-order valence-electron chi connectivity index (χ0n) is 14.4. The van der Waals surface area contributed by atoms with Crippen LogP contribution in [0.4, 0.5) is 0 Å². The lowest BCUT2D eigenvalue weighted by Gasteiger charge is -2.29. The van der Waals surface area contributed by atoms with E-state index >= 15 is 0 Å². The topological polar surface area (TPSA) is 32.3 Å². The number of nitrogens with one attached hydrogen (secondary N) is 1. The highest BCUT2D eigenvalue weighted by Crippen LogP contribution is 2.39. The molecule has 0 amide bonds. The summed E-state index contributed by atoms with van der Waals surface area (Å²) in [6.07, 6.45) is 3.54. The van der Waals surface area contributed by atoms with Gasteiger partial charge in [-0.3, -0.25) is 9.65 Å². The van der Waals surface area contributed by atoms with E-state index < -0.39 is 7.29 Å². The lowest BCUT2D eigenvalue weighted by Crippen LogP contribution is -2.41. The lowest BCUT2D eigenvalue weighted by atomic mass is 10.2. The molecule has 1 N–H and O–H groups in total. The minimum atomic E-state index is -2.83. The quantitative estimate of drug-likeness (QED) is 0.783. The molecule has 2 aromatic carbocycles. The van der Waals surface area contributed by atoms with Crippen molar-refractivity contribution in [3.63, 3.8) is 0 Å².